The number of benzene rings is 1. The molecule has 1 rings (SSSR count). The molecule has 1 aromatic carbocycles. The van der Waals surface area contributed by atoms with Crippen LogP contribution in [0.1, 0.15) is 12.5 Å². The van der Waals surface area contributed by atoms with Crippen molar-refractivity contribution in [1.29, 1.82) is 5.26 Å². The molecular formula is C13H18N4O2. The van der Waals surface area contributed by atoms with Gasteiger partial charge in [0.05, 0.1) is 12.2 Å². The molecule has 0 aliphatic carbocycles. The van der Waals surface area contributed by atoms with Crippen molar-refractivity contribution >= 4 is 17.3 Å². The highest BCUT2D eigenvalue weighted by atomic mass is 16.5. The van der Waals surface area contributed by atoms with Crippen molar-refractivity contribution < 1.29 is 9.53 Å². The maximum Gasteiger partial charge on any atom is 0.242 e. The van der Waals surface area contributed by atoms with E-state index in [9.17, 15) is 4.79 Å². The summed E-state index contributed by atoms with van der Waals surface area (Å²) in [7, 11) is 1.58. The van der Waals surface area contributed by atoms with Crippen molar-refractivity contribution in [3.63, 3.8) is 0 Å². The molecule has 0 heterocycles. The van der Waals surface area contributed by atoms with E-state index in [4.69, 9.17) is 15.7 Å². The third kappa shape index (κ3) is 4.48. The first-order chi connectivity index (χ1) is 9.08. The van der Waals surface area contributed by atoms with E-state index in [1.165, 1.54) is 0 Å². The molecule has 102 valence electrons. The third-order valence-electron chi connectivity index (χ3n) is 2.56. The molecular weight excluding hydrogens is 244 g/mol. The van der Waals surface area contributed by atoms with Gasteiger partial charge in [-0.2, -0.15) is 5.26 Å². The summed E-state index contributed by atoms with van der Waals surface area (Å²) in [5.74, 6) is -0.132. The van der Waals surface area contributed by atoms with Crippen LogP contribution < -0.4 is 16.4 Å². The van der Waals surface area contributed by atoms with Crippen molar-refractivity contribution in [3.8, 4) is 6.07 Å². The summed E-state index contributed by atoms with van der Waals surface area (Å²) in [6.45, 7) is 2.68. The van der Waals surface area contributed by atoms with Gasteiger partial charge >= 0.3 is 0 Å². The minimum Gasteiger partial charge on any atom is -0.398 e. The number of carbonyl (C=O) groups is 1. The number of methoxy groups -OCH3 is 1. The van der Waals surface area contributed by atoms with Crippen LogP contribution in [0.2, 0.25) is 0 Å². The molecule has 6 heteroatoms. The zero-order valence-corrected chi connectivity index (χ0v) is 11.1. The maximum absolute atomic E-state index is 11.7. The van der Waals surface area contributed by atoms with Gasteiger partial charge in [-0.3, -0.25) is 4.79 Å². The molecule has 19 heavy (non-hydrogen) atoms. The Morgan fingerprint density at radius 1 is 1.58 bits per heavy atom. The Bertz CT molecular complexity index is 482. The topological polar surface area (TPSA) is 100 Å². The van der Waals surface area contributed by atoms with Gasteiger partial charge < -0.3 is 21.1 Å². The van der Waals surface area contributed by atoms with Gasteiger partial charge in [-0.25, -0.2) is 0 Å². The molecule has 0 aromatic heterocycles. The smallest absolute Gasteiger partial charge is 0.242 e. The summed E-state index contributed by atoms with van der Waals surface area (Å²) in [4.78, 5) is 11.7. The van der Waals surface area contributed by atoms with Crippen LogP contribution >= 0.6 is 0 Å². The van der Waals surface area contributed by atoms with Crippen LogP contribution in [0.25, 0.3) is 0 Å². The molecule has 1 aromatic rings. The van der Waals surface area contributed by atoms with E-state index in [2.05, 4.69) is 10.6 Å². The first-order valence-electron chi connectivity index (χ1n) is 5.91. The zero-order valence-electron chi connectivity index (χ0n) is 11.1. The first kappa shape index (κ1) is 14.8. The van der Waals surface area contributed by atoms with Gasteiger partial charge in [0.1, 0.15) is 12.1 Å². The number of nitrogens with two attached hydrogens (primary N) is 1. The zero-order chi connectivity index (χ0) is 14.3. The number of carbonyl (C=O) groups excluding carboxylic acids is 1. The Morgan fingerprint density at radius 2 is 2.32 bits per heavy atom. The number of nitrogens with one attached hydrogen (secondary N) is 2. The summed E-state index contributed by atoms with van der Waals surface area (Å²) in [5, 5.41) is 14.6. The predicted octanol–water partition coefficient (Wildman–Crippen LogP) is 0.703. The molecule has 0 bridgehead atoms. The van der Waals surface area contributed by atoms with Crippen LogP contribution in [0.5, 0.6) is 0 Å². The number of amides is 1. The predicted molar refractivity (Wildman–Crippen MR) is 73.5 cm³/mol. The minimum atomic E-state index is -0.410. The molecule has 0 saturated heterocycles. The lowest BCUT2D eigenvalue weighted by atomic mass is 10.1. The van der Waals surface area contributed by atoms with Crippen LogP contribution in [-0.2, 0) is 9.53 Å². The summed E-state index contributed by atoms with van der Waals surface area (Å²) in [5.41, 5.74) is 7.12. The number of rotatable bonds is 6. The van der Waals surface area contributed by atoms with Crippen molar-refractivity contribution in [2.75, 3.05) is 31.3 Å². The van der Waals surface area contributed by atoms with Gasteiger partial charge in [-0.15, -0.1) is 0 Å². The fourth-order valence-corrected chi connectivity index (χ4v) is 1.49. The SMILES string of the molecule is COCCNC(=O)C(C)Nc1ccc(N)c(C#N)c1. The van der Waals surface area contributed by atoms with E-state index >= 15 is 0 Å². The molecule has 1 amide bonds. The summed E-state index contributed by atoms with van der Waals surface area (Å²) >= 11 is 0. The van der Waals surface area contributed by atoms with Crippen molar-refractivity contribution in [1.82, 2.24) is 5.32 Å². The number of nitrogens with zero attached hydrogens (tertiary/aromatic N) is 1. The summed E-state index contributed by atoms with van der Waals surface area (Å²) in [6, 6.07) is 6.57. The van der Waals surface area contributed by atoms with Crippen LogP contribution in [0.3, 0.4) is 0 Å². The van der Waals surface area contributed by atoms with Crippen molar-refractivity contribution in [3.05, 3.63) is 23.8 Å². The fraction of sp³-hybridized carbons (Fsp3) is 0.385. The average Bonchev–Trinajstić information content (AvgIpc) is 2.41. The molecule has 0 fully saturated rings. The number of hydrogen-bond donors (Lipinski definition) is 3. The first-order valence-corrected chi connectivity index (χ1v) is 5.91. The van der Waals surface area contributed by atoms with Gasteiger partial charge in [-0.1, -0.05) is 0 Å². The normalized spacial score (nSPS) is 11.4. The largest absolute Gasteiger partial charge is 0.398 e. The summed E-state index contributed by atoms with van der Waals surface area (Å²) in [6.07, 6.45) is 0. The van der Waals surface area contributed by atoms with Crippen molar-refractivity contribution in [2.24, 2.45) is 0 Å². The molecule has 0 spiro atoms. The molecule has 4 N–H and O–H groups in total. The molecule has 1 atom stereocenters. The van der Waals surface area contributed by atoms with E-state index in [0.29, 0.717) is 30.1 Å². The number of nitrogen functional groups attached to an aromatic ring is 1. The third-order valence-corrected chi connectivity index (χ3v) is 2.56. The van der Waals surface area contributed by atoms with E-state index in [-0.39, 0.29) is 5.91 Å². The highest BCUT2D eigenvalue weighted by molar-refractivity contribution is 5.84. The second kappa shape index (κ2) is 7.24. The molecule has 1 unspecified atom stereocenters. The average molecular weight is 262 g/mol. The standard InChI is InChI=1S/C13H18N4O2/c1-9(13(18)16-5-6-19-2)17-11-3-4-12(15)10(7-11)8-14/h3-4,7,9,17H,5-6,15H2,1-2H3,(H,16,18). The molecule has 0 aliphatic rings. The molecule has 6 nitrogen and oxygen atoms in total. The lowest BCUT2D eigenvalue weighted by Gasteiger charge is -2.15. The van der Waals surface area contributed by atoms with Gasteiger partial charge in [-0.05, 0) is 25.1 Å². The number of ether oxygens (including phenoxy) is 1. The lowest BCUT2D eigenvalue weighted by Crippen LogP contribution is -2.39. The maximum atomic E-state index is 11.7. The van der Waals surface area contributed by atoms with Gasteiger partial charge in [0.2, 0.25) is 5.91 Å². The Kier molecular flexibility index (Phi) is 5.64. The van der Waals surface area contributed by atoms with Gasteiger partial charge in [0.15, 0.2) is 0 Å². The summed E-state index contributed by atoms with van der Waals surface area (Å²) < 4.78 is 4.85. The highest BCUT2D eigenvalue weighted by Gasteiger charge is 2.12. The quantitative estimate of drug-likeness (QED) is 0.517. The Labute approximate surface area is 112 Å². The highest BCUT2D eigenvalue weighted by Crippen LogP contribution is 2.17. The Balaban J connectivity index is 2.59. The Morgan fingerprint density at radius 3 is 2.95 bits per heavy atom. The van der Waals surface area contributed by atoms with Gasteiger partial charge in [0, 0.05) is 25.0 Å². The monoisotopic (exact) mass is 262 g/mol. The lowest BCUT2D eigenvalue weighted by molar-refractivity contribution is -0.121. The Hall–Kier alpha value is -2.26. The number of anilines is 2. The van der Waals surface area contributed by atoms with Crippen LogP contribution in [0.15, 0.2) is 18.2 Å². The minimum absolute atomic E-state index is 0.132. The van der Waals surface area contributed by atoms with Gasteiger partial charge in [0.25, 0.3) is 0 Å². The van der Waals surface area contributed by atoms with Crippen molar-refractivity contribution in [2.45, 2.75) is 13.0 Å². The number of nitriles is 1. The molecule has 0 radical (unpaired) electrons. The van der Waals surface area contributed by atoms with E-state index < -0.39 is 6.04 Å². The van der Waals surface area contributed by atoms with Crippen LogP contribution in [0, 0.1) is 11.3 Å². The number of hydrogen-bond acceptors (Lipinski definition) is 5. The van der Waals surface area contributed by atoms with E-state index in [1.807, 2.05) is 6.07 Å². The molecule has 0 aliphatic heterocycles. The second-order valence-corrected chi connectivity index (χ2v) is 4.06. The van der Waals surface area contributed by atoms with E-state index in [0.717, 1.165) is 0 Å². The fourth-order valence-electron chi connectivity index (χ4n) is 1.49. The van der Waals surface area contributed by atoms with E-state index in [1.54, 1.807) is 32.2 Å². The van der Waals surface area contributed by atoms with Crippen LogP contribution in [-0.4, -0.2) is 32.2 Å². The second-order valence-electron chi connectivity index (χ2n) is 4.06. The molecule has 0 saturated carbocycles. The van der Waals surface area contributed by atoms with Crippen LogP contribution in [0.4, 0.5) is 11.4 Å².